The number of nitrogen functional groups attached to an aromatic ring is 1. The van der Waals surface area contributed by atoms with Crippen LogP contribution in [-0.4, -0.2) is 34.4 Å². The molecule has 1 aliphatic heterocycles. The molecule has 0 fully saturated rings. The molecule has 0 spiro atoms. The van der Waals surface area contributed by atoms with Crippen molar-refractivity contribution < 1.29 is 27.5 Å². The van der Waals surface area contributed by atoms with Crippen LogP contribution in [0, 0.1) is 0 Å². The van der Waals surface area contributed by atoms with Gasteiger partial charge in [0, 0.05) is 0 Å². The fourth-order valence-electron chi connectivity index (χ4n) is 1.000. The topological polar surface area (TPSA) is 165 Å². The molecule has 2 rings (SSSR count). The standard InChI is InChI=1S/C5H7N5O.H2O4S/c6-4-3-5(8-1-7-3)9-2-10(4)11;1-5(2,3)4/h2,7,11H,1H2,(H2,6,8);(H2,1,2,3,4). The van der Waals surface area contributed by atoms with Gasteiger partial charge in [-0.2, -0.15) is 0 Å². The molecule has 2 heterocycles. The number of hydrogen-bond acceptors (Lipinski definition) is 8. The summed E-state index contributed by atoms with van der Waals surface area (Å²) in [6.45, 7) is 0.594. The fourth-order valence-corrected chi connectivity index (χ4v) is 1.000. The van der Waals surface area contributed by atoms with Crippen LogP contribution >= 0.6 is 0 Å². The van der Waals surface area contributed by atoms with Gasteiger partial charge in [0.2, 0.25) is 16.2 Å². The summed E-state index contributed by atoms with van der Waals surface area (Å²) in [6.07, 6.45) is 1.24. The normalized spacial score (nSPS) is 12.9. The molecule has 11 heteroatoms. The van der Waals surface area contributed by atoms with Crippen molar-refractivity contribution in [2.75, 3.05) is 23.0 Å². The van der Waals surface area contributed by atoms with E-state index in [-0.39, 0.29) is 5.82 Å². The van der Waals surface area contributed by atoms with E-state index in [1.807, 2.05) is 0 Å². The van der Waals surface area contributed by atoms with Gasteiger partial charge < -0.3 is 26.1 Å². The van der Waals surface area contributed by atoms with Gasteiger partial charge in [0.1, 0.15) is 0 Å². The van der Waals surface area contributed by atoms with E-state index in [1.54, 1.807) is 0 Å². The summed E-state index contributed by atoms with van der Waals surface area (Å²) in [6, 6.07) is 0. The fraction of sp³-hybridized carbons (Fsp3) is 0.200. The van der Waals surface area contributed by atoms with E-state index in [2.05, 4.69) is 15.6 Å². The Bertz CT molecular complexity index is 480. The highest BCUT2D eigenvalue weighted by Crippen LogP contribution is 2.25. The summed E-state index contributed by atoms with van der Waals surface area (Å²) in [4.78, 5) is 3.88. The molecule has 0 saturated carbocycles. The summed E-state index contributed by atoms with van der Waals surface area (Å²) in [7, 11) is -4.92. The average Bonchev–Trinajstić information content (AvgIpc) is 2.57. The lowest BCUT2D eigenvalue weighted by Gasteiger charge is -1.97. The smallest absolute Gasteiger partial charge is 0.286 e. The van der Waals surface area contributed by atoms with Gasteiger partial charge in [-0.15, -0.1) is 0 Å². The third-order valence-corrected chi connectivity index (χ3v) is 1.56. The maximum Gasteiger partial charge on any atom is 0.286 e. The minimum Gasteiger partial charge on any atom is -0.726 e. The first-order valence-corrected chi connectivity index (χ1v) is 5.21. The average molecular weight is 251 g/mol. The van der Waals surface area contributed by atoms with E-state index >= 15 is 0 Å². The maximum absolute atomic E-state index is 9.04. The number of fused-ring (bicyclic) bond motifs is 1. The van der Waals surface area contributed by atoms with Crippen molar-refractivity contribution in [3.05, 3.63) is 6.33 Å². The third-order valence-electron chi connectivity index (χ3n) is 1.56. The SMILES string of the molecule is Nc1c2c(nc[n+]1O)NCN2.O=S(=O)([O-])O. The van der Waals surface area contributed by atoms with Gasteiger partial charge in [-0.1, -0.05) is 9.71 Å². The van der Waals surface area contributed by atoms with Crippen molar-refractivity contribution in [3.63, 3.8) is 0 Å². The zero-order valence-corrected chi connectivity index (χ0v) is 8.60. The van der Waals surface area contributed by atoms with E-state index < -0.39 is 10.4 Å². The lowest BCUT2D eigenvalue weighted by Crippen LogP contribution is -2.34. The first kappa shape index (κ1) is 12.2. The van der Waals surface area contributed by atoms with Gasteiger partial charge >= 0.3 is 0 Å². The molecule has 1 aliphatic rings. The monoisotopic (exact) mass is 251 g/mol. The molecule has 0 unspecified atom stereocenters. The Morgan fingerprint density at radius 2 is 2.12 bits per heavy atom. The van der Waals surface area contributed by atoms with Crippen LogP contribution < -0.4 is 21.1 Å². The van der Waals surface area contributed by atoms with Gasteiger partial charge in [-0.3, -0.25) is 4.55 Å². The number of nitrogens with zero attached hydrogens (tertiary/aromatic N) is 2. The molecule has 0 aromatic carbocycles. The Morgan fingerprint density at radius 1 is 1.56 bits per heavy atom. The van der Waals surface area contributed by atoms with E-state index in [0.29, 0.717) is 18.2 Å². The first-order valence-electron chi connectivity index (χ1n) is 3.84. The summed E-state index contributed by atoms with van der Waals surface area (Å²) in [5.74, 6) is 0.938. The minimum absolute atomic E-state index is 0.264. The zero-order valence-electron chi connectivity index (χ0n) is 7.78. The van der Waals surface area contributed by atoms with Crippen LogP contribution in [0.1, 0.15) is 0 Å². The van der Waals surface area contributed by atoms with E-state index in [4.69, 9.17) is 28.5 Å². The molecule has 0 aliphatic carbocycles. The van der Waals surface area contributed by atoms with E-state index in [1.165, 1.54) is 6.33 Å². The van der Waals surface area contributed by atoms with Crippen LogP contribution in [0.3, 0.4) is 0 Å². The van der Waals surface area contributed by atoms with Crippen LogP contribution in [0.5, 0.6) is 0 Å². The van der Waals surface area contributed by atoms with Crippen molar-refractivity contribution in [1.29, 1.82) is 0 Å². The molecule has 16 heavy (non-hydrogen) atoms. The third kappa shape index (κ3) is 3.38. The summed E-state index contributed by atoms with van der Waals surface area (Å²) < 4.78 is 33.6. The second kappa shape index (κ2) is 4.34. The maximum atomic E-state index is 9.04. The van der Waals surface area contributed by atoms with Crippen LogP contribution in [0.2, 0.25) is 0 Å². The van der Waals surface area contributed by atoms with Crippen molar-refractivity contribution in [3.8, 4) is 0 Å². The zero-order chi connectivity index (χ0) is 12.3. The molecular weight excluding hydrogens is 242 g/mol. The Labute approximate surface area is 90.3 Å². The molecule has 10 nitrogen and oxygen atoms in total. The molecule has 0 amide bonds. The molecule has 0 atom stereocenters. The highest BCUT2D eigenvalue weighted by molar-refractivity contribution is 7.79. The van der Waals surface area contributed by atoms with Crippen molar-refractivity contribution >= 4 is 27.7 Å². The predicted octanol–water partition coefficient (Wildman–Crippen LogP) is -2.01. The number of nitrogens with two attached hydrogens (primary N) is 1. The van der Waals surface area contributed by atoms with Gasteiger partial charge in [-0.05, 0) is 0 Å². The Hall–Kier alpha value is -1.85. The van der Waals surface area contributed by atoms with Crippen LogP contribution in [0.25, 0.3) is 0 Å². The van der Waals surface area contributed by atoms with Gasteiger partial charge in [0.25, 0.3) is 12.1 Å². The van der Waals surface area contributed by atoms with Crippen LogP contribution in [0.15, 0.2) is 6.33 Å². The van der Waals surface area contributed by atoms with Crippen LogP contribution in [-0.2, 0) is 10.4 Å². The molecular formula is C5H9N5O5S. The number of hydrogen-bond donors (Lipinski definition) is 5. The first-order chi connectivity index (χ1) is 7.29. The lowest BCUT2D eigenvalue weighted by atomic mass is 10.4. The van der Waals surface area contributed by atoms with E-state index in [0.717, 1.165) is 4.73 Å². The molecule has 0 radical (unpaired) electrons. The number of nitrogens with one attached hydrogen (secondary N) is 2. The lowest BCUT2D eigenvalue weighted by molar-refractivity contribution is -0.894. The molecule has 0 saturated heterocycles. The van der Waals surface area contributed by atoms with Crippen molar-refractivity contribution in [2.24, 2.45) is 0 Å². The van der Waals surface area contributed by atoms with Gasteiger partial charge in [-0.25, -0.2) is 8.42 Å². The second-order valence-electron chi connectivity index (χ2n) is 2.66. The highest BCUT2D eigenvalue weighted by atomic mass is 32.3. The summed E-state index contributed by atoms with van der Waals surface area (Å²) in [5, 5.41) is 14.9. The molecule has 1 aromatic heterocycles. The molecule has 0 bridgehead atoms. The van der Waals surface area contributed by atoms with Crippen molar-refractivity contribution in [1.82, 2.24) is 4.98 Å². The summed E-state index contributed by atoms with van der Waals surface area (Å²) in [5.41, 5.74) is 6.15. The van der Waals surface area contributed by atoms with E-state index in [9.17, 15) is 0 Å². The number of anilines is 3. The molecule has 90 valence electrons. The minimum atomic E-state index is -4.92. The summed E-state index contributed by atoms with van der Waals surface area (Å²) >= 11 is 0. The van der Waals surface area contributed by atoms with Crippen molar-refractivity contribution in [2.45, 2.75) is 0 Å². The Morgan fingerprint density at radius 3 is 2.69 bits per heavy atom. The second-order valence-corrected chi connectivity index (χ2v) is 3.51. The molecule has 1 aromatic rings. The molecule has 6 N–H and O–H groups in total. The largest absolute Gasteiger partial charge is 0.726 e. The van der Waals surface area contributed by atoms with Gasteiger partial charge in [0.05, 0.1) is 6.67 Å². The predicted molar refractivity (Wildman–Crippen MR) is 50.5 cm³/mol. The van der Waals surface area contributed by atoms with Gasteiger partial charge in [0.15, 0.2) is 5.69 Å². The number of rotatable bonds is 0. The quantitative estimate of drug-likeness (QED) is 0.151. The Balaban J connectivity index is 0.000000221. The number of aromatic nitrogens is 2. The highest BCUT2D eigenvalue weighted by Gasteiger charge is 2.21. The Kier molecular flexibility index (Phi) is 3.31. The van der Waals surface area contributed by atoms with Crippen LogP contribution in [0.4, 0.5) is 17.3 Å².